The van der Waals surface area contributed by atoms with Gasteiger partial charge in [0.05, 0.1) is 0 Å². The van der Waals surface area contributed by atoms with Crippen LogP contribution in [0.3, 0.4) is 0 Å². The molecule has 0 aromatic heterocycles. The number of allylic oxidation sites excluding steroid dienone is 4. The normalized spacial score (nSPS) is 35.4. The molecule has 0 heterocycles. The lowest BCUT2D eigenvalue weighted by atomic mass is 9.51. The number of hydrogen-bond donors (Lipinski definition) is 0. The first-order valence-electron chi connectivity index (χ1n) is 7.07. The summed E-state index contributed by atoms with van der Waals surface area (Å²) in [5, 5.41) is 0. The zero-order chi connectivity index (χ0) is 13.0. The lowest BCUT2D eigenvalue weighted by Gasteiger charge is -2.53. The van der Waals surface area contributed by atoms with E-state index in [2.05, 4.69) is 54.5 Å². The second-order valence-electron chi connectivity index (χ2n) is 7.41. The highest BCUT2D eigenvalue weighted by Gasteiger charge is 2.48. The van der Waals surface area contributed by atoms with Gasteiger partial charge in [-0.2, -0.15) is 0 Å². The van der Waals surface area contributed by atoms with Crippen LogP contribution in [0, 0.1) is 22.7 Å². The van der Waals surface area contributed by atoms with Crippen molar-refractivity contribution in [2.45, 2.75) is 61.3 Å². The molecule has 0 radical (unpaired) electrons. The van der Waals surface area contributed by atoms with Gasteiger partial charge in [0.1, 0.15) is 0 Å². The Morgan fingerprint density at radius 2 is 1.41 bits per heavy atom. The molecule has 0 aromatic carbocycles. The molecule has 0 aromatic rings. The standard InChI is InChI=1S/C17H28/c1-11-8-9-14-15(10-11)17(6,7)13(3)12(2)16(14,4)5/h8,12-13H,9-10H2,1-7H3. The van der Waals surface area contributed by atoms with Crippen LogP contribution in [-0.4, -0.2) is 0 Å². The molecule has 0 saturated heterocycles. The molecule has 17 heavy (non-hydrogen) atoms. The topological polar surface area (TPSA) is 0 Å². The van der Waals surface area contributed by atoms with E-state index in [0.29, 0.717) is 10.8 Å². The van der Waals surface area contributed by atoms with Crippen LogP contribution in [0.15, 0.2) is 22.8 Å². The Bertz CT molecular complexity index is 390. The van der Waals surface area contributed by atoms with Gasteiger partial charge in [-0.1, -0.05) is 64.3 Å². The SMILES string of the molecule is CC1=CCC2=C(C1)C(C)(C)C(C)C(C)C2(C)C. The fourth-order valence-electron chi connectivity index (χ4n) is 3.93. The first-order valence-corrected chi connectivity index (χ1v) is 7.07. The maximum absolute atomic E-state index is 2.46. The molecule has 2 aliphatic carbocycles. The summed E-state index contributed by atoms with van der Waals surface area (Å²) >= 11 is 0. The van der Waals surface area contributed by atoms with Gasteiger partial charge in [0, 0.05) is 0 Å². The smallest absolute Gasteiger partial charge is 0.0103 e. The summed E-state index contributed by atoms with van der Waals surface area (Å²) in [7, 11) is 0. The van der Waals surface area contributed by atoms with Gasteiger partial charge in [-0.05, 0) is 42.4 Å². The molecular weight excluding hydrogens is 204 g/mol. The summed E-state index contributed by atoms with van der Waals surface area (Å²) in [4.78, 5) is 0. The lowest BCUT2D eigenvalue weighted by molar-refractivity contribution is 0.0869. The molecule has 0 nitrogen and oxygen atoms in total. The van der Waals surface area contributed by atoms with Crippen molar-refractivity contribution in [2.24, 2.45) is 22.7 Å². The van der Waals surface area contributed by atoms with E-state index in [0.717, 1.165) is 11.8 Å². The van der Waals surface area contributed by atoms with Gasteiger partial charge in [0.15, 0.2) is 0 Å². The van der Waals surface area contributed by atoms with Gasteiger partial charge in [-0.3, -0.25) is 0 Å². The zero-order valence-electron chi connectivity index (χ0n) is 12.6. The van der Waals surface area contributed by atoms with Crippen molar-refractivity contribution in [3.63, 3.8) is 0 Å². The molecule has 2 atom stereocenters. The second kappa shape index (κ2) is 3.73. The van der Waals surface area contributed by atoms with E-state index in [1.807, 2.05) is 0 Å². The highest BCUT2D eigenvalue weighted by molar-refractivity contribution is 5.39. The Morgan fingerprint density at radius 1 is 0.941 bits per heavy atom. The Kier molecular flexibility index (Phi) is 2.84. The van der Waals surface area contributed by atoms with E-state index in [4.69, 9.17) is 0 Å². The summed E-state index contributed by atoms with van der Waals surface area (Å²) in [6.07, 6.45) is 4.84. The molecule has 0 heteroatoms. The molecule has 0 fully saturated rings. The summed E-state index contributed by atoms with van der Waals surface area (Å²) in [5.41, 5.74) is 5.79. The van der Waals surface area contributed by atoms with Crippen molar-refractivity contribution in [1.29, 1.82) is 0 Å². The van der Waals surface area contributed by atoms with E-state index >= 15 is 0 Å². The van der Waals surface area contributed by atoms with Crippen LogP contribution >= 0.6 is 0 Å². The predicted octanol–water partition coefficient (Wildman–Crippen LogP) is 5.36. The van der Waals surface area contributed by atoms with Gasteiger partial charge in [-0.15, -0.1) is 0 Å². The van der Waals surface area contributed by atoms with Gasteiger partial charge in [-0.25, -0.2) is 0 Å². The molecular formula is C17H28. The van der Waals surface area contributed by atoms with Crippen LogP contribution in [-0.2, 0) is 0 Å². The van der Waals surface area contributed by atoms with Crippen LogP contribution in [0.25, 0.3) is 0 Å². The molecule has 0 amide bonds. The van der Waals surface area contributed by atoms with E-state index in [-0.39, 0.29) is 0 Å². The summed E-state index contributed by atoms with van der Waals surface area (Å²) in [5.74, 6) is 1.53. The third-order valence-electron chi connectivity index (χ3n) is 6.06. The van der Waals surface area contributed by atoms with Gasteiger partial charge >= 0.3 is 0 Å². The fraction of sp³-hybridized carbons (Fsp3) is 0.765. The quantitative estimate of drug-likeness (QED) is 0.493. The Morgan fingerprint density at radius 3 is 1.94 bits per heavy atom. The monoisotopic (exact) mass is 232 g/mol. The van der Waals surface area contributed by atoms with E-state index < -0.39 is 0 Å². The van der Waals surface area contributed by atoms with Crippen molar-refractivity contribution in [2.75, 3.05) is 0 Å². The molecule has 0 bridgehead atoms. The third kappa shape index (κ3) is 1.72. The van der Waals surface area contributed by atoms with Crippen molar-refractivity contribution in [1.82, 2.24) is 0 Å². The first kappa shape index (κ1) is 12.9. The second-order valence-corrected chi connectivity index (χ2v) is 7.41. The minimum atomic E-state index is 0.375. The Hall–Kier alpha value is -0.520. The number of hydrogen-bond acceptors (Lipinski definition) is 0. The van der Waals surface area contributed by atoms with Crippen LogP contribution in [0.2, 0.25) is 0 Å². The summed E-state index contributed by atoms with van der Waals surface area (Å²) in [6, 6.07) is 0. The average molecular weight is 232 g/mol. The Balaban J connectivity index is 2.56. The molecule has 2 aliphatic rings. The highest BCUT2D eigenvalue weighted by Crippen LogP contribution is 2.58. The van der Waals surface area contributed by atoms with Gasteiger partial charge in [0.25, 0.3) is 0 Å². The van der Waals surface area contributed by atoms with Gasteiger partial charge in [0.2, 0.25) is 0 Å². The lowest BCUT2D eigenvalue weighted by Crippen LogP contribution is -2.44. The predicted molar refractivity (Wildman–Crippen MR) is 75.9 cm³/mol. The largest absolute Gasteiger partial charge is 0.0812 e. The molecule has 2 unspecified atom stereocenters. The first-order chi connectivity index (χ1) is 7.69. The van der Waals surface area contributed by atoms with E-state index in [1.165, 1.54) is 12.8 Å². The van der Waals surface area contributed by atoms with Crippen molar-refractivity contribution in [3.8, 4) is 0 Å². The van der Waals surface area contributed by atoms with Crippen LogP contribution in [0.1, 0.15) is 61.3 Å². The third-order valence-corrected chi connectivity index (χ3v) is 6.06. The molecule has 0 aliphatic heterocycles. The maximum Gasteiger partial charge on any atom is -0.0103 e. The molecule has 0 N–H and O–H groups in total. The van der Waals surface area contributed by atoms with E-state index in [1.54, 1.807) is 16.7 Å². The number of rotatable bonds is 0. The summed E-state index contributed by atoms with van der Waals surface area (Å²) < 4.78 is 0. The highest BCUT2D eigenvalue weighted by atomic mass is 14.5. The van der Waals surface area contributed by atoms with Crippen LogP contribution in [0.5, 0.6) is 0 Å². The van der Waals surface area contributed by atoms with Gasteiger partial charge < -0.3 is 0 Å². The molecule has 0 saturated carbocycles. The maximum atomic E-state index is 2.46. The van der Waals surface area contributed by atoms with Crippen LogP contribution in [0.4, 0.5) is 0 Å². The fourth-order valence-corrected chi connectivity index (χ4v) is 3.93. The zero-order valence-corrected chi connectivity index (χ0v) is 12.6. The molecule has 0 spiro atoms. The minimum absolute atomic E-state index is 0.375. The summed E-state index contributed by atoms with van der Waals surface area (Å²) in [6.45, 7) is 17.0. The van der Waals surface area contributed by atoms with Crippen LogP contribution < -0.4 is 0 Å². The molecule has 96 valence electrons. The minimum Gasteiger partial charge on any atom is -0.0812 e. The Labute approximate surface area is 107 Å². The molecule has 2 rings (SSSR count). The van der Waals surface area contributed by atoms with Crippen molar-refractivity contribution in [3.05, 3.63) is 22.8 Å². The van der Waals surface area contributed by atoms with Crippen molar-refractivity contribution >= 4 is 0 Å². The van der Waals surface area contributed by atoms with E-state index in [9.17, 15) is 0 Å². The average Bonchev–Trinajstić information content (AvgIpc) is 2.25. The van der Waals surface area contributed by atoms with Crippen molar-refractivity contribution < 1.29 is 0 Å².